The topological polar surface area (TPSA) is 75.5 Å². The van der Waals surface area contributed by atoms with E-state index in [4.69, 9.17) is 0 Å². The van der Waals surface area contributed by atoms with Crippen molar-refractivity contribution in [1.82, 2.24) is 10.2 Å². The molecule has 0 saturated heterocycles. The zero-order chi connectivity index (χ0) is 14.3. The molecule has 0 radical (unpaired) electrons. The van der Waals surface area contributed by atoms with Crippen molar-refractivity contribution in [3.05, 3.63) is 39.9 Å². The number of para-hydroxylation sites is 1. The fourth-order valence-electron chi connectivity index (χ4n) is 1.79. The predicted octanol–water partition coefficient (Wildman–Crippen LogP) is 1.67. The smallest absolute Gasteiger partial charge is 0.282 e. The first-order valence-corrected chi connectivity index (χ1v) is 6.34. The number of hydrogen-bond donors (Lipinski definition) is 1. The van der Waals surface area contributed by atoms with Crippen LogP contribution in [0.15, 0.2) is 24.3 Å². The van der Waals surface area contributed by atoms with Gasteiger partial charge in [-0.3, -0.25) is 14.9 Å². The van der Waals surface area contributed by atoms with Crippen LogP contribution in [0.5, 0.6) is 0 Å². The van der Waals surface area contributed by atoms with E-state index in [1.807, 2.05) is 13.8 Å². The monoisotopic (exact) mass is 265 g/mol. The van der Waals surface area contributed by atoms with Crippen molar-refractivity contribution in [3.8, 4) is 0 Å². The van der Waals surface area contributed by atoms with Gasteiger partial charge < -0.3 is 10.2 Å². The van der Waals surface area contributed by atoms with Gasteiger partial charge in [0.05, 0.1) is 4.92 Å². The highest BCUT2D eigenvalue weighted by Crippen LogP contribution is 2.16. The zero-order valence-corrected chi connectivity index (χ0v) is 11.3. The van der Waals surface area contributed by atoms with E-state index in [0.29, 0.717) is 6.54 Å². The van der Waals surface area contributed by atoms with E-state index in [1.165, 1.54) is 12.1 Å². The summed E-state index contributed by atoms with van der Waals surface area (Å²) in [5, 5.41) is 13.5. The third kappa shape index (κ3) is 4.33. The normalized spacial score (nSPS) is 10.5. The summed E-state index contributed by atoms with van der Waals surface area (Å²) in [5.41, 5.74) is -0.0603. The van der Waals surface area contributed by atoms with E-state index in [9.17, 15) is 14.9 Å². The number of rotatable bonds is 7. The molecule has 1 amide bonds. The molecule has 0 aliphatic rings. The molecule has 0 aliphatic carbocycles. The van der Waals surface area contributed by atoms with Gasteiger partial charge in [-0.05, 0) is 19.2 Å². The molecule has 0 spiro atoms. The Labute approximate surface area is 112 Å². The van der Waals surface area contributed by atoms with E-state index >= 15 is 0 Å². The maximum absolute atomic E-state index is 11.9. The van der Waals surface area contributed by atoms with Crippen LogP contribution in [0, 0.1) is 10.1 Å². The molecule has 104 valence electrons. The van der Waals surface area contributed by atoms with Crippen molar-refractivity contribution in [3.63, 3.8) is 0 Å². The number of carbonyl (C=O) groups is 1. The van der Waals surface area contributed by atoms with Crippen LogP contribution in [-0.2, 0) is 0 Å². The average Bonchev–Trinajstić information content (AvgIpc) is 2.43. The molecule has 0 unspecified atom stereocenters. The summed E-state index contributed by atoms with van der Waals surface area (Å²) in [6, 6.07) is 5.96. The molecule has 0 aliphatic heterocycles. The molecule has 6 nitrogen and oxygen atoms in total. The van der Waals surface area contributed by atoms with Crippen LogP contribution >= 0.6 is 0 Å². The molecular formula is C13H19N3O3. The molecule has 6 heteroatoms. The standard InChI is InChI=1S/C13H19N3O3/c1-3-15(4-2)10-9-14-13(17)11-7-5-6-8-12(11)16(18)19/h5-8H,3-4,9-10H2,1-2H3,(H,14,17). The van der Waals surface area contributed by atoms with Crippen molar-refractivity contribution in [1.29, 1.82) is 0 Å². The number of nitro groups is 1. The SMILES string of the molecule is CCN(CC)CCNC(=O)c1ccccc1[N+](=O)[O-]. The Bertz CT molecular complexity index is 445. The van der Waals surface area contributed by atoms with E-state index in [2.05, 4.69) is 10.2 Å². The second kappa shape index (κ2) is 7.48. The third-order valence-electron chi connectivity index (χ3n) is 2.95. The molecule has 1 aromatic rings. The fourth-order valence-corrected chi connectivity index (χ4v) is 1.79. The van der Waals surface area contributed by atoms with Crippen molar-refractivity contribution < 1.29 is 9.72 Å². The Balaban J connectivity index is 2.61. The molecule has 1 rings (SSSR count). The van der Waals surface area contributed by atoms with Gasteiger partial charge in [0.15, 0.2) is 0 Å². The number of amides is 1. The summed E-state index contributed by atoms with van der Waals surface area (Å²) in [6.45, 7) is 7.14. The van der Waals surface area contributed by atoms with Crippen LogP contribution in [0.3, 0.4) is 0 Å². The number of likely N-dealkylation sites (N-methyl/N-ethyl adjacent to an activating group) is 1. The lowest BCUT2D eigenvalue weighted by molar-refractivity contribution is -0.385. The molecule has 0 fully saturated rings. The van der Waals surface area contributed by atoms with Gasteiger partial charge in [-0.25, -0.2) is 0 Å². The van der Waals surface area contributed by atoms with E-state index in [-0.39, 0.29) is 11.3 Å². The molecule has 0 saturated carbocycles. The molecule has 0 atom stereocenters. The second-order valence-electron chi connectivity index (χ2n) is 4.06. The third-order valence-corrected chi connectivity index (χ3v) is 2.95. The van der Waals surface area contributed by atoms with Crippen LogP contribution in [0.4, 0.5) is 5.69 Å². The summed E-state index contributed by atoms with van der Waals surface area (Å²) in [6.07, 6.45) is 0. The maximum atomic E-state index is 11.9. The minimum Gasteiger partial charge on any atom is -0.351 e. The van der Waals surface area contributed by atoms with Crippen LogP contribution < -0.4 is 5.32 Å². The highest BCUT2D eigenvalue weighted by Gasteiger charge is 2.18. The Morgan fingerprint density at radius 2 is 1.95 bits per heavy atom. The van der Waals surface area contributed by atoms with Gasteiger partial charge in [-0.2, -0.15) is 0 Å². The summed E-state index contributed by atoms with van der Waals surface area (Å²) < 4.78 is 0. The summed E-state index contributed by atoms with van der Waals surface area (Å²) in [4.78, 5) is 24.3. The van der Waals surface area contributed by atoms with Crippen LogP contribution in [0.1, 0.15) is 24.2 Å². The number of nitrogens with one attached hydrogen (secondary N) is 1. The summed E-state index contributed by atoms with van der Waals surface area (Å²) in [7, 11) is 0. The molecule has 0 bridgehead atoms. The Kier molecular flexibility index (Phi) is 5.95. The minimum atomic E-state index is -0.542. The Hall–Kier alpha value is -1.95. The molecular weight excluding hydrogens is 246 g/mol. The van der Waals surface area contributed by atoms with Crippen LogP contribution in [0.2, 0.25) is 0 Å². The molecule has 1 N–H and O–H groups in total. The van der Waals surface area contributed by atoms with Gasteiger partial charge in [-0.15, -0.1) is 0 Å². The predicted molar refractivity (Wildman–Crippen MR) is 73.2 cm³/mol. The first-order valence-electron chi connectivity index (χ1n) is 6.34. The van der Waals surface area contributed by atoms with E-state index < -0.39 is 10.8 Å². The van der Waals surface area contributed by atoms with Gasteiger partial charge in [0.25, 0.3) is 11.6 Å². The van der Waals surface area contributed by atoms with Gasteiger partial charge in [0.1, 0.15) is 5.56 Å². The number of benzene rings is 1. The largest absolute Gasteiger partial charge is 0.351 e. The lowest BCUT2D eigenvalue weighted by Crippen LogP contribution is -2.35. The van der Waals surface area contributed by atoms with Gasteiger partial charge in [0.2, 0.25) is 0 Å². The van der Waals surface area contributed by atoms with E-state index in [1.54, 1.807) is 12.1 Å². The lowest BCUT2D eigenvalue weighted by Gasteiger charge is -2.17. The van der Waals surface area contributed by atoms with Crippen LogP contribution in [-0.4, -0.2) is 41.9 Å². The van der Waals surface area contributed by atoms with Gasteiger partial charge in [-0.1, -0.05) is 26.0 Å². The highest BCUT2D eigenvalue weighted by atomic mass is 16.6. The van der Waals surface area contributed by atoms with Crippen molar-refractivity contribution >= 4 is 11.6 Å². The molecule has 1 aromatic carbocycles. The molecule has 0 heterocycles. The Morgan fingerprint density at radius 1 is 1.32 bits per heavy atom. The zero-order valence-electron chi connectivity index (χ0n) is 11.3. The summed E-state index contributed by atoms with van der Waals surface area (Å²) in [5.74, 6) is -0.403. The van der Waals surface area contributed by atoms with Gasteiger partial charge in [0, 0.05) is 19.2 Å². The minimum absolute atomic E-state index is 0.104. The number of nitro benzene ring substituents is 1. The second-order valence-corrected chi connectivity index (χ2v) is 4.06. The quantitative estimate of drug-likeness (QED) is 0.601. The molecule has 19 heavy (non-hydrogen) atoms. The molecule has 0 aromatic heterocycles. The maximum Gasteiger partial charge on any atom is 0.282 e. The van der Waals surface area contributed by atoms with Crippen molar-refractivity contribution in [2.45, 2.75) is 13.8 Å². The van der Waals surface area contributed by atoms with Gasteiger partial charge >= 0.3 is 0 Å². The number of nitrogens with zero attached hydrogens (tertiary/aromatic N) is 2. The van der Waals surface area contributed by atoms with Crippen molar-refractivity contribution in [2.75, 3.05) is 26.2 Å². The Morgan fingerprint density at radius 3 is 2.53 bits per heavy atom. The first kappa shape index (κ1) is 15.1. The van der Waals surface area contributed by atoms with Crippen LogP contribution in [0.25, 0.3) is 0 Å². The first-order chi connectivity index (χ1) is 9.10. The number of carbonyl (C=O) groups excluding carboxylic acids is 1. The number of hydrogen-bond acceptors (Lipinski definition) is 4. The summed E-state index contributed by atoms with van der Waals surface area (Å²) >= 11 is 0. The lowest BCUT2D eigenvalue weighted by atomic mass is 10.1. The average molecular weight is 265 g/mol. The fraction of sp³-hybridized carbons (Fsp3) is 0.462. The highest BCUT2D eigenvalue weighted by molar-refractivity contribution is 5.98. The van der Waals surface area contributed by atoms with E-state index in [0.717, 1.165) is 19.6 Å². The van der Waals surface area contributed by atoms with Crippen molar-refractivity contribution in [2.24, 2.45) is 0 Å².